The lowest BCUT2D eigenvalue weighted by molar-refractivity contribution is -0.158. The summed E-state index contributed by atoms with van der Waals surface area (Å²) >= 11 is 0. The fourth-order valence-electron chi connectivity index (χ4n) is 6.02. The van der Waals surface area contributed by atoms with Gasteiger partial charge in [0.15, 0.2) is 0 Å². The number of hydrogen-bond acceptors (Lipinski definition) is 4. The largest absolute Gasteiger partial charge is 0.349 e. The van der Waals surface area contributed by atoms with Gasteiger partial charge in [0, 0.05) is 17.3 Å². The first-order valence-corrected chi connectivity index (χ1v) is 14.1. The highest BCUT2D eigenvalue weighted by Crippen LogP contribution is 2.36. The predicted octanol–water partition coefficient (Wildman–Crippen LogP) is 4.19. The van der Waals surface area contributed by atoms with Crippen LogP contribution in [0.1, 0.15) is 63.8 Å². The van der Waals surface area contributed by atoms with E-state index < -0.39 is 23.7 Å². The first-order valence-electron chi connectivity index (χ1n) is 14.1. The third-order valence-corrected chi connectivity index (χ3v) is 7.79. The van der Waals surface area contributed by atoms with E-state index >= 15 is 0 Å². The number of carbonyl (C=O) groups is 3. The Labute approximate surface area is 235 Å². The van der Waals surface area contributed by atoms with E-state index in [0.29, 0.717) is 24.8 Å². The van der Waals surface area contributed by atoms with Gasteiger partial charge in [-0.2, -0.15) is 5.10 Å². The Morgan fingerprint density at radius 3 is 2.23 bits per heavy atom. The van der Waals surface area contributed by atoms with Crippen LogP contribution in [0.3, 0.4) is 0 Å². The van der Waals surface area contributed by atoms with Crippen molar-refractivity contribution < 1.29 is 14.4 Å². The van der Waals surface area contributed by atoms with Crippen molar-refractivity contribution in [1.82, 2.24) is 25.7 Å². The Balaban J connectivity index is 1.55. The van der Waals surface area contributed by atoms with Gasteiger partial charge in [0.2, 0.25) is 17.7 Å². The number of aromatic amines is 1. The fourth-order valence-corrected chi connectivity index (χ4v) is 6.02. The van der Waals surface area contributed by atoms with Gasteiger partial charge in [-0.15, -0.1) is 0 Å². The lowest BCUT2D eigenvalue weighted by atomic mass is 9.87. The highest BCUT2D eigenvalue weighted by molar-refractivity contribution is 6.00. The van der Waals surface area contributed by atoms with Crippen LogP contribution in [0.4, 0.5) is 0 Å². The van der Waals surface area contributed by atoms with Crippen molar-refractivity contribution in [2.75, 3.05) is 0 Å². The van der Waals surface area contributed by atoms with Gasteiger partial charge in [-0.1, -0.05) is 62.4 Å². The number of benzene rings is 2. The predicted molar refractivity (Wildman–Crippen MR) is 154 cm³/mol. The smallest absolute Gasteiger partial charge is 0.247 e. The molecule has 1 saturated heterocycles. The number of H-pyrrole nitrogens is 1. The number of amides is 3. The molecule has 3 N–H and O–H groups in total. The summed E-state index contributed by atoms with van der Waals surface area (Å²) in [5, 5.41) is 13.0. The van der Waals surface area contributed by atoms with E-state index in [1.807, 2.05) is 71.0 Å². The molecule has 8 nitrogen and oxygen atoms in total. The zero-order valence-corrected chi connectivity index (χ0v) is 23.9. The zero-order valence-electron chi connectivity index (χ0n) is 23.9. The van der Waals surface area contributed by atoms with Gasteiger partial charge in [-0.05, 0) is 74.1 Å². The van der Waals surface area contributed by atoms with Crippen LogP contribution in [0.25, 0.3) is 11.1 Å². The number of fused-ring (bicyclic) bond motifs is 1. The molecule has 2 aliphatic rings. The minimum Gasteiger partial charge on any atom is -0.349 e. The van der Waals surface area contributed by atoms with E-state index in [9.17, 15) is 14.4 Å². The number of carbonyl (C=O) groups excluding carboxylic acids is 3. The Morgan fingerprint density at radius 1 is 1.02 bits per heavy atom. The van der Waals surface area contributed by atoms with Crippen molar-refractivity contribution in [3.63, 3.8) is 0 Å². The molecule has 40 heavy (non-hydrogen) atoms. The van der Waals surface area contributed by atoms with Gasteiger partial charge in [0.1, 0.15) is 18.1 Å². The molecule has 0 radical (unpaired) electrons. The van der Waals surface area contributed by atoms with Gasteiger partial charge in [-0.3, -0.25) is 19.5 Å². The average Bonchev–Trinajstić information content (AvgIpc) is 3.57. The maximum atomic E-state index is 14.5. The standard InChI is InChI=1S/C32H39N5O3/c1-19(2)14-26-29(38)35-27(24-15-22-8-6-7-9-23(22)16-24)31(40)37(26)28(30(39)36-32(3,4)5)21-12-10-20(11-13-21)25-17-33-34-18-25/h6-13,17-19,24,26-28H,14-16H2,1-5H3,(H,33,34)(H,35,38)(H,36,39)/t26-,27-,28-/m1/s1. The van der Waals surface area contributed by atoms with Crippen molar-refractivity contribution in [3.8, 4) is 11.1 Å². The Kier molecular flexibility index (Phi) is 7.53. The second-order valence-corrected chi connectivity index (χ2v) is 12.6. The molecule has 5 rings (SSSR count). The van der Waals surface area contributed by atoms with Crippen LogP contribution in [0.2, 0.25) is 0 Å². The second-order valence-electron chi connectivity index (χ2n) is 12.6. The van der Waals surface area contributed by atoms with Crippen molar-refractivity contribution in [1.29, 1.82) is 0 Å². The van der Waals surface area contributed by atoms with Crippen molar-refractivity contribution in [2.24, 2.45) is 11.8 Å². The van der Waals surface area contributed by atoms with E-state index in [1.54, 1.807) is 17.3 Å². The minimum absolute atomic E-state index is 0.0638. The molecule has 1 fully saturated rings. The molecular formula is C32H39N5O3. The monoisotopic (exact) mass is 541 g/mol. The molecule has 1 aliphatic carbocycles. The van der Waals surface area contributed by atoms with Crippen LogP contribution < -0.4 is 10.6 Å². The maximum Gasteiger partial charge on any atom is 0.247 e. The summed E-state index contributed by atoms with van der Waals surface area (Å²) in [5.41, 5.74) is 4.43. The summed E-state index contributed by atoms with van der Waals surface area (Å²) in [6.45, 7) is 9.80. The third-order valence-electron chi connectivity index (χ3n) is 7.79. The molecule has 0 unspecified atom stereocenters. The highest BCUT2D eigenvalue weighted by Gasteiger charge is 2.49. The van der Waals surface area contributed by atoms with E-state index in [4.69, 9.17) is 0 Å². The van der Waals surface area contributed by atoms with Crippen LogP contribution in [0.5, 0.6) is 0 Å². The van der Waals surface area contributed by atoms with Crippen molar-refractivity contribution in [3.05, 3.63) is 77.6 Å². The number of nitrogens with one attached hydrogen (secondary N) is 3. The molecule has 2 heterocycles. The molecule has 1 aliphatic heterocycles. The normalized spacial score (nSPS) is 20.4. The molecule has 3 aromatic rings. The Hall–Kier alpha value is -3.94. The number of piperazine rings is 1. The Bertz CT molecular complexity index is 1350. The van der Waals surface area contributed by atoms with Gasteiger partial charge >= 0.3 is 0 Å². The first-order chi connectivity index (χ1) is 19.0. The molecule has 210 valence electrons. The van der Waals surface area contributed by atoms with Crippen LogP contribution in [0, 0.1) is 11.8 Å². The lowest BCUT2D eigenvalue weighted by Gasteiger charge is -2.45. The summed E-state index contributed by atoms with van der Waals surface area (Å²) in [4.78, 5) is 43.8. The lowest BCUT2D eigenvalue weighted by Crippen LogP contribution is -2.67. The van der Waals surface area contributed by atoms with Gasteiger partial charge < -0.3 is 15.5 Å². The maximum absolute atomic E-state index is 14.5. The zero-order chi connectivity index (χ0) is 28.6. The highest BCUT2D eigenvalue weighted by atomic mass is 16.2. The minimum atomic E-state index is -0.953. The van der Waals surface area contributed by atoms with Gasteiger partial charge in [0.05, 0.1) is 6.20 Å². The Morgan fingerprint density at radius 2 is 1.68 bits per heavy atom. The van der Waals surface area contributed by atoms with E-state index in [2.05, 4.69) is 33.0 Å². The molecule has 2 aromatic carbocycles. The van der Waals surface area contributed by atoms with Gasteiger partial charge in [-0.25, -0.2) is 0 Å². The van der Waals surface area contributed by atoms with E-state index in [0.717, 1.165) is 11.1 Å². The average molecular weight is 542 g/mol. The SMILES string of the molecule is CC(C)C[C@@H]1C(=O)N[C@H](C2Cc3ccccc3C2)C(=O)N1[C@@H](C(=O)NC(C)(C)C)c1ccc(-c2cn[nH]c2)cc1. The van der Waals surface area contributed by atoms with Gasteiger partial charge in [0.25, 0.3) is 0 Å². The molecule has 0 saturated carbocycles. The second kappa shape index (κ2) is 10.9. The summed E-state index contributed by atoms with van der Waals surface area (Å²) in [6, 6.07) is 13.4. The van der Waals surface area contributed by atoms with Crippen molar-refractivity contribution in [2.45, 2.75) is 77.5 Å². The fraction of sp³-hybridized carbons (Fsp3) is 0.438. The summed E-state index contributed by atoms with van der Waals surface area (Å²) in [7, 11) is 0. The summed E-state index contributed by atoms with van der Waals surface area (Å²) in [6.07, 6.45) is 5.43. The number of nitrogens with zero attached hydrogens (tertiary/aromatic N) is 2. The van der Waals surface area contributed by atoms with Crippen LogP contribution in [0.15, 0.2) is 60.9 Å². The first kappa shape index (κ1) is 27.6. The number of aromatic nitrogens is 2. The third kappa shape index (κ3) is 5.67. The van der Waals surface area contributed by atoms with Crippen LogP contribution in [-0.2, 0) is 27.2 Å². The topological polar surface area (TPSA) is 107 Å². The molecule has 3 amide bonds. The van der Waals surface area contributed by atoms with E-state index in [1.165, 1.54) is 11.1 Å². The van der Waals surface area contributed by atoms with Crippen molar-refractivity contribution >= 4 is 17.7 Å². The molecular weight excluding hydrogens is 502 g/mol. The summed E-state index contributed by atoms with van der Waals surface area (Å²) in [5.74, 6) is -0.609. The van der Waals surface area contributed by atoms with Crippen LogP contribution >= 0.6 is 0 Å². The quantitative estimate of drug-likeness (QED) is 0.417. The number of hydrogen-bond donors (Lipinski definition) is 3. The molecule has 8 heteroatoms. The molecule has 0 spiro atoms. The van der Waals surface area contributed by atoms with Crippen LogP contribution in [-0.4, -0.2) is 50.4 Å². The molecule has 0 bridgehead atoms. The number of rotatable bonds is 7. The molecule has 1 aromatic heterocycles. The summed E-state index contributed by atoms with van der Waals surface area (Å²) < 4.78 is 0. The molecule has 3 atom stereocenters. The van der Waals surface area contributed by atoms with E-state index in [-0.39, 0.29) is 29.6 Å².